The first kappa shape index (κ1) is 18.0. The molecule has 0 aliphatic carbocycles. The highest BCUT2D eigenvalue weighted by molar-refractivity contribution is 7.98. The van der Waals surface area contributed by atoms with E-state index < -0.39 is 23.0 Å². The fraction of sp³-hybridized carbons (Fsp3) is 0.176. The maximum absolute atomic E-state index is 13.9. The molecule has 0 N–H and O–H groups in total. The molecule has 0 aliphatic rings. The third-order valence-corrected chi connectivity index (χ3v) is 4.39. The van der Waals surface area contributed by atoms with E-state index in [1.807, 2.05) is 0 Å². The van der Waals surface area contributed by atoms with Crippen molar-refractivity contribution in [2.75, 3.05) is 12.9 Å². The summed E-state index contributed by atoms with van der Waals surface area (Å²) < 4.78 is 34.0. The minimum absolute atomic E-state index is 0.0626. The van der Waals surface area contributed by atoms with Crippen molar-refractivity contribution in [1.82, 2.24) is 14.5 Å². The van der Waals surface area contributed by atoms with Gasteiger partial charge in [-0.05, 0) is 19.2 Å². The highest BCUT2D eigenvalue weighted by Gasteiger charge is 2.25. The Morgan fingerprint density at radius 3 is 2.62 bits per heavy atom. The topological polar surface area (TPSA) is 74.1 Å². The summed E-state index contributed by atoms with van der Waals surface area (Å²) in [7, 11) is 0. The molecule has 0 bridgehead atoms. The van der Waals surface area contributed by atoms with Crippen molar-refractivity contribution in [1.29, 1.82) is 0 Å². The number of halogens is 2. The Labute approximate surface area is 150 Å². The van der Waals surface area contributed by atoms with Crippen molar-refractivity contribution in [2.24, 2.45) is 0 Å². The van der Waals surface area contributed by atoms with Gasteiger partial charge < -0.3 is 4.74 Å². The summed E-state index contributed by atoms with van der Waals surface area (Å²) in [6.45, 7) is 1.67. The van der Waals surface area contributed by atoms with Crippen LogP contribution in [0, 0.1) is 11.6 Å². The van der Waals surface area contributed by atoms with E-state index in [-0.39, 0.29) is 33.9 Å². The molecular formula is C17H13F2N3O3S. The maximum Gasteiger partial charge on any atom is 0.344 e. The first-order valence-electron chi connectivity index (χ1n) is 7.54. The van der Waals surface area contributed by atoms with Gasteiger partial charge in [0.1, 0.15) is 5.56 Å². The predicted octanol–water partition coefficient (Wildman–Crippen LogP) is 2.96. The minimum Gasteiger partial charge on any atom is -0.462 e. The molecule has 26 heavy (non-hydrogen) atoms. The molecular weight excluding hydrogens is 364 g/mol. The summed E-state index contributed by atoms with van der Waals surface area (Å²) in [5.41, 5.74) is -0.919. The third-order valence-electron chi connectivity index (χ3n) is 3.62. The van der Waals surface area contributed by atoms with E-state index >= 15 is 0 Å². The number of thioether (sulfide) groups is 1. The molecule has 0 amide bonds. The Morgan fingerprint density at radius 2 is 2.00 bits per heavy atom. The van der Waals surface area contributed by atoms with Crippen molar-refractivity contribution >= 4 is 28.6 Å². The zero-order valence-electron chi connectivity index (χ0n) is 13.8. The van der Waals surface area contributed by atoms with Gasteiger partial charge in [-0.2, -0.15) is 0 Å². The van der Waals surface area contributed by atoms with Crippen molar-refractivity contribution < 1.29 is 18.3 Å². The number of hydrogen-bond acceptors (Lipinski definition) is 6. The molecule has 0 saturated carbocycles. The molecule has 0 atom stereocenters. The molecule has 0 aliphatic heterocycles. The van der Waals surface area contributed by atoms with Gasteiger partial charge in [0.2, 0.25) is 5.43 Å². The van der Waals surface area contributed by atoms with E-state index in [1.54, 1.807) is 13.2 Å². The first-order chi connectivity index (χ1) is 12.5. The van der Waals surface area contributed by atoms with E-state index in [9.17, 15) is 18.4 Å². The Hall–Kier alpha value is -2.81. The smallest absolute Gasteiger partial charge is 0.344 e. The molecule has 0 unspecified atom stereocenters. The average Bonchev–Trinajstić information content (AvgIpc) is 2.64. The fourth-order valence-electron chi connectivity index (χ4n) is 2.57. The zero-order valence-corrected chi connectivity index (χ0v) is 14.6. The predicted molar refractivity (Wildman–Crippen MR) is 92.8 cm³/mol. The number of carbonyl (C=O) groups is 1. The van der Waals surface area contributed by atoms with Gasteiger partial charge in [-0.3, -0.25) is 14.3 Å². The monoisotopic (exact) mass is 377 g/mol. The molecule has 6 nitrogen and oxygen atoms in total. The molecule has 3 aromatic rings. The summed E-state index contributed by atoms with van der Waals surface area (Å²) in [6, 6.07) is 1.67. The maximum atomic E-state index is 13.9. The van der Waals surface area contributed by atoms with Crippen LogP contribution >= 0.6 is 11.8 Å². The van der Waals surface area contributed by atoms with Crippen LogP contribution in [0.3, 0.4) is 0 Å². The van der Waals surface area contributed by atoms with E-state index in [0.29, 0.717) is 0 Å². The number of nitrogens with zero attached hydrogens (tertiary/aromatic N) is 3. The SMILES string of the molecule is CCOC(=O)c1c(SC)n(-c2cnccn2)c2cc(F)c(F)cc2c1=O. The molecule has 3 rings (SSSR count). The number of ether oxygens (including phenoxy) is 1. The molecule has 1 aromatic carbocycles. The molecule has 2 heterocycles. The molecule has 0 fully saturated rings. The number of fused-ring (bicyclic) bond motifs is 1. The molecule has 0 spiro atoms. The molecule has 0 radical (unpaired) electrons. The van der Waals surface area contributed by atoms with Gasteiger partial charge in [-0.25, -0.2) is 18.6 Å². The van der Waals surface area contributed by atoms with Crippen LogP contribution in [-0.2, 0) is 4.74 Å². The van der Waals surface area contributed by atoms with Gasteiger partial charge >= 0.3 is 5.97 Å². The summed E-state index contributed by atoms with van der Waals surface area (Å²) in [5.74, 6) is -2.90. The van der Waals surface area contributed by atoms with Crippen molar-refractivity contribution in [2.45, 2.75) is 11.9 Å². The lowest BCUT2D eigenvalue weighted by Crippen LogP contribution is -2.24. The standard InChI is InChI=1S/C17H13F2N3O3S/c1-3-25-17(24)14-15(23)9-6-10(18)11(19)7-12(9)22(16(14)26-2)13-8-20-4-5-21-13/h4-8H,3H2,1-2H3. The van der Waals surface area contributed by atoms with Crippen molar-refractivity contribution in [3.8, 4) is 5.82 Å². The number of pyridine rings is 1. The van der Waals surface area contributed by atoms with Crippen LogP contribution in [0.1, 0.15) is 17.3 Å². The molecule has 134 valence electrons. The summed E-state index contributed by atoms with van der Waals surface area (Å²) in [6.07, 6.45) is 5.89. The fourth-order valence-corrected chi connectivity index (χ4v) is 3.32. The minimum atomic E-state index is -1.19. The van der Waals surface area contributed by atoms with E-state index in [0.717, 1.165) is 23.9 Å². The van der Waals surface area contributed by atoms with Gasteiger partial charge in [0.15, 0.2) is 17.5 Å². The van der Waals surface area contributed by atoms with E-state index in [4.69, 9.17) is 4.74 Å². The van der Waals surface area contributed by atoms with E-state index in [1.165, 1.54) is 23.2 Å². The second kappa shape index (κ2) is 7.20. The normalized spacial score (nSPS) is 10.9. The van der Waals surface area contributed by atoms with Crippen LogP contribution in [0.5, 0.6) is 0 Å². The van der Waals surface area contributed by atoms with Gasteiger partial charge in [-0.1, -0.05) is 0 Å². The zero-order chi connectivity index (χ0) is 18.8. The van der Waals surface area contributed by atoms with Gasteiger partial charge in [0.05, 0.1) is 28.7 Å². The first-order valence-corrected chi connectivity index (χ1v) is 8.77. The van der Waals surface area contributed by atoms with Gasteiger partial charge in [-0.15, -0.1) is 11.8 Å². The summed E-state index contributed by atoms with van der Waals surface area (Å²) >= 11 is 1.09. The lowest BCUT2D eigenvalue weighted by Gasteiger charge is -2.17. The van der Waals surface area contributed by atoms with Gasteiger partial charge in [0.25, 0.3) is 0 Å². The van der Waals surface area contributed by atoms with Crippen LogP contribution in [0.2, 0.25) is 0 Å². The number of rotatable bonds is 4. The Bertz CT molecular complexity index is 1050. The van der Waals surface area contributed by atoms with Crippen molar-refractivity contribution in [3.05, 3.63) is 58.1 Å². The average molecular weight is 377 g/mol. The lowest BCUT2D eigenvalue weighted by atomic mass is 10.1. The Morgan fingerprint density at radius 1 is 1.27 bits per heavy atom. The number of hydrogen-bond donors (Lipinski definition) is 0. The summed E-state index contributed by atoms with van der Waals surface area (Å²) in [4.78, 5) is 33.3. The number of carbonyl (C=O) groups excluding carboxylic acids is 1. The van der Waals surface area contributed by atoms with Crippen molar-refractivity contribution in [3.63, 3.8) is 0 Å². The second-order valence-electron chi connectivity index (χ2n) is 5.12. The van der Waals surface area contributed by atoms with Crippen LogP contribution in [-0.4, -0.2) is 33.4 Å². The van der Waals surface area contributed by atoms with Crippen LogP contribution < -0.4 is 5.43 Å². The Kier molecular flexibility index (Phi) is 4.99. The highest BCUT2D eigenvalue weighted by Crippen LogP contribution is 2.28. The second-order valence-corrected chi connectivity index (χ2v) is 5.91. The number of esters is 1. The number of aromatic nitrogens is 3. The molecule has 9 heteroatoms. The van der Waals surface area contributed by atoms with Crippen LogP contribution in [0.4, 0.5) is 8.78 Å². The van der Waals surface area contributed by atoms with Crippen LogP contribution in [0.25, 0.3) is 16.7 Å². The lowest BCUT2D eigenvalue weighted by molar-refractivity contribution is 0.0519. The highest BCUT2D eigenvalue weighted by atomic mass is 32.2. The molecule has 0 saturated heterocycles. The largest absolute Gasteiger partial charge is 0.462 e. The summed E-state index contributed by atoms with van der Waals surface area (Å²) in [5, 5.41) is 0.0443. The third kappa shape index (κ3) is 2.94. The van der Waals surface area contributed by atoms with Gasteiger partial charge in [0, 0.05) is 18.5 Å². The number of benzene rings is 1. The molecule has 2 aromatic heterocycles. The Balaban J connectivity index is 2.53. The quantitative estimate of drug-likeness (QED) is 0.514. The van der Waals surface area contributed by atoms with Crippen LogP contribution in [0.15, 0.2) is 40.5 Å². The van der Waals surface area contributed by atoms with E-state index in [2.05, 4.69) is 9.97 Å².